The Bertz CT molecular complexity index is 1110. The second-order valence-corrected chi connectivity index (χ2v) is 11.0. The number of benzene rings is 1. The van der Waals surface area contributed by atoms with Crippen LogP contribution in [0.2, 0.25) is 0 Å². The molecule has 0 aromatic heterocycles. The van der Waals surface area contributed by atoms with E-state index in [9.17, 15) is 14.9 Å². The number of anilines is 1. The normalized spacial score (nSPS) is 23.2. The number of unbranched alkanes of at least 4 members (excludes halogenated alkanes) is 2. The average Bonchev–Trinajstić information content (AvgIpc) is 3.02. The number of Topliss-reactive ketones (excluding diaryl/α,β-unsaturated/α-hetero) is 1. The van der Waals surface area contributed by atoms with Crippen molar-refractivity contribution in [1.82, 2.24) is 0 Å². The molecule has 0 saturated heterocycles. The molecule has 0 radical (unpaired) electrons. The van der Waals surface area contributed by atoms with Gasteiger partial charge in [0, 0.05) is 41.8 Å². The van der Waals surface area contributed by atoms with Crippen LogP contribution in [0.4, 0.5) is 5.69 Å². The molecule has 0 fully saturated rings. The number of fused-ring (bicyclic) bond motifs is 3. The standard InChI is InChI=1S/C26H29Br2N3O3/c1-31-19-9-3-2-8-17(19)26(24(31)33)18(16-29)23(30)34-21-15-25(10-4-6-12-27,11-5-7-13-28)14-20(32)22(21)26/h2-3,8-9H,4-7,10-15,30H2,1H3. The quantitative estimate of drug-likeness (QED) is 0.325. The lowest BCUT2D eigenvalue weighted by Crippen LogP contribution is -2.50. The Kier molecular flexibility index (Phi) is 7.25. The van der Waals surface area contributed by atoms with Gasteiger partial charge in [0.2, 0.25) is 11.8 Å². The Labute approximate surface area is 217 Å². The van der Waals surface area contributed by atoms with E-state index in [4.69, 9.17) is 10.5 Å². The first kappa shape index (κ1) is 25.0. The lowest BCUT2D eigenvalue weighted by Gasteiger charge is -2.44. The summed E-state index contributed by atoms with van der Waals surface area (Å²) in [6, 6.07) is 9.44. The number of likely N-dealkylation sites (N-methyl/N-ethyl adjacent to an activating group) is 1. The number of amides is 1. The van der Waals surface area contributed by atoms with Gasteiger partial charge in [-0.05, 0) is 37.2 Å². The van der Waals surface area contributed by atoms with Crippen LogP contribution in [0.1, 0.15) is 56.9 Å². The Hall–Kier alpha value is -2.11. The highest BCUT2D eigenvalue weighted by Gasteiger charge is 2.62. The van der Waals surface area contributed by atoms with Crippen molar-refractivity contribution in [2.75, 3.05) is 22.6 Å². The lowest BCUT2D eigenvalue weighted by atomic mass is 9.59. The Balaban J connectivity index is 1.87. The van der Waals surface area contributed by atoms with Gasteiger partial charge >= 0.3 is 0 Å². The van der Waals surface area contributed by atoms with Gasteiger partial charge in [-0.3, -0.25) is 9.59 Å². The Morgan fingerprint density at radius 1 is 1.09 bits per heavy atom. The third-order valence-electron chi connectivity index (χ3n) is 7.45. The molecule has 1 spiro atoms. The number of nitrogens with zero attached hydrogens (tertiary/aromatic N) is 2. The number of nitriles is 1. The summed E-state index contributed by atoms with van der Waals surface area (Å²) in [5.41, 5.74) is 6.14. The molecule has 8 heteroatoms. The number of ketones is 1. The molecule has 1 unspecified atom stereocenters. The summed E-state index contributed by atoms with van der Waals surface area (Å²) >= 11 is 7.02. The van der Waals surface area contributed by atoms with E-state index in [0.29, 0.717) is 35.4 Å². The van der Waals surface area contributed by atoms with Gasteiger partial charge in [-0.1, -0.05) is 62.9 Å². The minimum Gasteiger partial charge on any atom is -0.444 e. The highest BCUT2D eigenvalue weighted by Crippen LogP contribution is 2.58. The number of carbonyl (C=O) groups excluding carboxylic acids is 2. The van der Waals surface area contributed by atoms with Crippen LogP contribution in [-0.4, -0.2) is 29.4 Å². The molecule has 1 aliphatic carbocycles. The fraction of sp³-hybridized carbons (Fsp3) is 0.500. The highest BCUT2D eigenvalue weighted by molar-refractivity contribution is 9.09. The van der Waals surface area contributed by atoms with Gasteiger partial charge in [-0.25, -0.2) is 0 Å². The number of nitrogens with two attached hydrogens (primary N) is 1. The zero-order chi connectivity index (χ0) is 24.5. The van der Waals surface area contributed by atoms with E-state index in [2.05, 4.69) is 37.9 Å². The molecule has 0 saturated carbocycles. The van der Waals surface area contributed by atoms with Gasteiger partial charge in [-0.15, -0.1) is 0 Å². The van der Waals surface area contributed by atoms with E-state index in [1.807, 2.05) is 24.3 Å². The molecule has 2 heterocycles. The predicted octanol–water partition coefficient (Wildman–Crippen LogP) is 5.36. The average molecular weight is 591 g/mol. The summed E-state index contributed by atoms with van der Waals surface area (Å²) in [7, 11) is 1.68. The van der Waals surface area contributed by atoms with Crippen molar-refractivity contribution in [3.8, 4) is 6.07 Å². The van der Waals surface area contributed by atoms with Gasteiger partial charge < -0.3 is 15.4 Å². The zero-order valence-electron chi connectivity index (χ0n) is 19.3. The van der Waals surface area contributed by atoms with Crippen molar-refractivity contribution < 1.29 is 14.3 Å². The van der Waals surface area contributed by atoms with E-state index in [1.54, 1.807) is 7.05 Å². The third-order valence-corrected chi connectivity index (χ3v) is 8.57. The largest absolute Gasteiger partial charge is 0.444 e. The van der Waals surface area contributed by atoms with Gasteiger partial charge in [0.15, 0.2) is 5.78 Å². The summed E-state index contributed by atoms with van der Waals surface area (Å²) in [5, 5.41) is 11.9. The molecule has 3 aliphatic rings. The van der Waals surface area contributed by atoms with Crippen molar-refractivity contribution in [1.29, 1.82) is 5.26 Å². The number of ether oxygens (including phenoxy) is 1. The minimum atomic E-state index is -1.53. The fourth-order valence-electron chi connectivity index (χ4n) is 5.92. The smallest absolute Gasteiger partial charge is 0.247 e. The van der Waals surface area contributed by atoms with Crippen LogP contribution in [0.3, 0.4) is 0 Å². The molecule has 0 bridgehead atoms. The van der Waals surface area contributed by atoms with Crippen molar-refractivity contribution >= 4 is 49.2 Å². The molecule has 6 nitrogen and oxygen atoms in total. The second kappa shape index (κ2) is 9.87. The first-order valence-corrected chi connectivity index (χ1v) is 13.9. The molecular formula is C26H29Br2N3O3. The van der Waals surface area contributed by atoms with E-state index in [1.165, 1.54) is 4.90 Å². The van der Waals surface area contributed by atoms with Crippen LogP contribution >= 0.6 is 31.9 Å². The number of rotatable bonds is 8. The molecule has 4 rings (SSSR count). The molecule has 1 aromatic carbocycles. The number of hydrogen-bond acceptors (Lipinski definition) is 5. The summed E-state index contributed by atoms with van der Waals surface area (Å²) in [5.74, 6) is -0.0610. The van der Waals surface area contributed by atoms with E-state index in [-0.39, 0.29) is 28.6 Å². The first-order chi connectivity index (χ1) is 16.4. The second-order valence-electron chi connectivity index (χ2n) is 9.45. The highest BCUT2D eigenvalue weighted by atomic mass is 79.9. The van der Waals surface area contributed by atoms with Crippen LogP contribution in [0.15, 0.2) is 47.1 Å². The van der Waals surface area contributed by atoms with Crippen LogP contribution in [0.25, 0.3) is 0 Å². The topological polar surface area (TPSA) is 96.4 Å². The van der Waals surface area contributed by atoms with Crippen molar-refractivity contribution in [3.63, 3.8) is 0 Å². The van der Waals surface area contributed by atoms with Crippen LogP contribution in [0, 0.1) is 16.7 Å². The maximum Gasteiger partial charge on any atom is 0.247 e. The van der Waals surface area contributed by atoms with Gasteiger partial charge in [-0.2, -0.15) is 5.26 Å². The van der Waals surface area contributed by atoms with Gasteiger partial charge in [0.05, 0.1) is 5.57 Å². The molecule has 1 atom stereocenters. The summed E-state index contributed by atoms with van der Waals surface area (Å²) in [6.45, 7) is 0. The van der Waals surface area contributed by atoms with Crippen molar-refractivity contribution in [2.24, 2.45) is 11.1 Å². The fourth-order valence-corrected chi connectivity index (χ4v) is 6.72. The van der Waals surface area contributed by atoms with Gasteiger partial charge in [0.25, 0.3) is 0 Å². The molecule has 1 aromatic rings. The van der Waals surface area contributed by atoms with Crippen LogP contribution < -0.4 is 10.6 Å². The number of halogens is 2. The number of carbonyl (C=O) groups is 2. The van der Waals surface area contributed by atoms with E-state index >= 15 is 0 Å². The monoisotopic (exact) mass is 589 g/mol. The maximum absolute atomic E-state index is 14.0. The number of para-hydroxylation sites is 1. The molecule has 180 valence electrons. The number of hydrogen-bond donors (Lipinski definition) is 1. The van der Waals surface area contributed by atoms with Crippen LogP contribution in [0.5, 0.6) is 0 Å². The van der Waals surface area contributed by atoms with Crippen LogP contribution in [-0.2, 0) is 19.7 Å². The predicted molar refractivity (Wildman–Crippen MR) is 138 cm³/mol. The van der Waals surface area contributed by atoms with Gasteiger partial charge in [0.1, 0.15) is 22.8 Å². The third kappa shape index (κ3) is 3.81. The molecule has 34 heavy (non-hydrogen) atoms. The van der Waals surface area contributed by atoms with E-state index in [0.717, 1.165) is 49.2 Å². The first-order valence-electron chi connectivity index (χ1n) is 11.7. The molecular weight excluding hydrogens is 562 g/mol. The van der Waals surface area contributed by atoms with Crippen molar-refractivity contribution in [3.05, 3.63) is 52.6 Å². The van der Waals surface area contributed by atoms with Crippen molar-refractivity contribution in [2.45, 2.75) is 56.8 Å². The number of alkyl halides is 2. The Morgan fingerprint density at radius 2 is 1.74 bits per heavy atom. The number of allylic oxidation sites excluding steroid dienone is 1. The molecule has 1 amide bonds. The van der Waals surface area contributed by atoms with E-state index < -0.39 is 5.41 Å². The lowest BCUT2D eigenvalue weighted by molar-refractivity contribution is -0.126. The molecule has 2 aliphatic heterocycles. The zero-order valence-corrected chi connectivity index (χ0v) is 22.5. The summed E-state index contributed by atoms with van der Waals surface area (Å²) in [6.07, 6.45) is 6.75. The molecule has 2 N–H and O–H groups in total. The SMILES string of the molecule is CN1C(=O)C2(C(C#N)=C(N)OC3=C2C(=O)CC(CCCCBr)(CCCCBr)C3)c2ccccc21. The summed E-state index contributed by atoms with van der Waals surface area (Å²) < 4.78 is 6.02. The summed E-state index contributed by atoms with van der Waals surface area (Å²) in [4.78, 5) is 29.4. The maximum atomic E-state index is 14.0. The Morgan fingerprint density at radius 3 is 2.35 bits per heavy atom. The minimum absolute atomic E-state index is 0.00692.